The lowest BCUT2D eigenvalue weighted by Crippen LogP contribution is -2.63. The van der Waals surface area contributed by atoms with Gasteiger partial charge in [-0.3, -0.25) is 4.79 Å². The zero-order valence-electron chi connectivity index (χ0n) is 24.1. The van der Waals surface area contributed by atoms with E-state index >= 15 is 0 Å². The number of nitrogens with one attached hydrogen (secondary N) is 1. The average Bonchev–Trinajstić information content (AvgIpc) is 2.97. The molecule has 2 N–H and O–H groups in total. The summed E-state index contributed by atoms with van der Waals surface area (Å²) in [5.41, 5.74) is 1.94. The largest absolute Gasteiger partial charge is 0.530 e. The van der Waals surface area contributed by atoms with Gasteiger partial charge in [0.2, 0.25) is 5.91 Å². The maximum atomic E-state index is 13.9. The molecule has 0 radical (unpaired) electrons. The Morgan fingerprint density at radius 2 is 1.39 bits per heavy atom. The number of hydrogen-bond acceptors (Lipinski definition) is 5. The molecule has 0 aliphatic carbocycles. The Morgan fingerprint density at radius 1 is 0.878 bits per heavy atom. The highest BCUT2D eigenvalue weighted by Crippen LogP contribution is 2.29. The van der Waals surface area contributed by atoms with Gasteiger partial charge in [0.25, 0.3) is 0 Å². The fourth-order valence-electron chi connectivity index (χ4n) is 5.79. The van der Waals surface area contributed by atoms with Gasteiger partial charge < -0.3 is 30.1 Å². The number of carbonyl (C=O) groups is 2. The summed E-state index contributed by atoms with van der Waals surface area (Å²) in [6.45, 7) is 6.05. The van der Waals surface area contributed by atoms with E-state index in [1.54, 1.807) is 0 Å². The second-order valence-electron chi connectivity index (χ2n) is 11.5. The van der Waals surface area contributed by atoms with Crippen LogP contribution in [0.15, 0.2) is 91.0 Å². The van der Waals surface area contributed by atoms with Gasteiger partial charge in [-0.25, -0.2) is 0 Å². The third-order valence-corrected chi connectivity index (χ3v) is 8.20. The average molecular weight is 557 g/mol. The quantitative estimate of drug-likeness (QED) is 0.355. The van der Waals surface area contributed by atoms with Crippen LogP contribution in [0.2, 0.25) is 0 Å². The summed E-state index contributed by atoms with van der Waals surface area (Å²) in [4.78, 5) is 29.6. The van der Waals surface area contributed by atoms with Crippen LogP contribution in [0.1, 0.15) is 43.4 Å². The third-order valence-electron chi connectivity index (χ3n) is 8.20. The first-order valence-corrected chi connectivity index (χ1v) is 14.6. The van der Waals surface area contributed by atoms with E-state index in [1.165, 1.54) is 5.56 Å². The molecule has 0 spiro atoms. The van der Waals surface area contributed by atoms with E-state index in [4.69, 9.17) is 0 Å². The van der Waals surface area contributed by atoms with Crippen LogP contribution in [0.5, 0.6) is 0 Å². The first-order valence-electron chi connectivity index (χ1n) is 14.6. The van der Waals surface area contributed by atoms with Crippen LogP contribution in [-0.4, -0.2) is 64.2 Å². The molecule has 0 bridgehead atoms. The topological polar surface area (TPSA) is 95.9 Å². The molecule has 0 unspecified atom stereocenters. The molecule has 1 fully saturated rings. The van der Waals surface area contributed by atoms with E-state index in [0.29, 0.717) is 19.3 Å². The fourth-order valence-corrected chi connectivity index (χ4v) is 5.79. The van der Waals surface area contributed by atoms with Crippen LogP contribution in [0.3, 0.4) is 0 Å². The Labute approximate surface area is 243 Å². The third kappa shape index (κ3) is 8.41. The number of carboxylic acid groups (broad SMARTS) is 1. The molecule has 7 heteroatoms. The number of nitrogens with zero attached hydrogens (tertiary/aromatic N) is 2. The minimum Gasteiger partial charge on any atom is -0.530 e. The van der Waals surface area contributed by atoms with Gasteiger partial charge in [-0.1, -0.05) is 105 Å². The normalized spacial score (nSPS) is 16.6. The highest BCUT2D eigenvalue weighted by atomic mass is 16.4. The van der Waals surface area contributed by atoms with E-state index in [0.717, 1.165) is 42.1 Å². The second kappa shape index (κ2) is 14.3. The molecule has 1 heterocycles. The molecule has 3 aromatic carbocycles. The lowest BCUT2D eigenvalue weighted by Gasteiger charge is -2.44. The number of rotatable bonds is 12. The molecule has 3 aromatic rings. The number of hydrogen-bond donors (Lipinski definition) is 2. The van der Waals surface area contributed by atoms with Gasteiger partial charge in [0, 0.05) is 26.2 Å². The minimum atomic E-state index is -1.40. The SMILES string of the molecule is CC(C)[C@@H](C(=O)N[C@@H](Cc1ccccc1)C1(O)CCN(CCc2ccccc2)CC1)N(Cc1ccccc1)C(=O)[O-]. The van der Waals surface area contributed by atoms with E-state index in [9.17, 15) is 19.8 Å². The molecule has 1 aliphatic rings. The van der Waals surface area contributed by atoms with Gasteiger partial charge in [-0.05, 0) is 48.3 Å². The highest BCUT2D eigenvalue weighted by molar-refractivity contribution is 5.85. The molecule has 218 valence electrons. The number of aliphatic hydroxyl groups is 1. The molecule has 4 rings (SSSR count). The van der Waals surface area contributed by atoms with E-state index in [-0.39, 0.29) is 12.5 Å². The van der Waals surface area contributed by atoms with Crippen LogP contribution in [0.25, 0.3) is 0 Å². The Bertz CT molecular complexity index is 1230. The number of benzene rings is 3. The van der Waals surface area contributed by atoms with Gasteiger partial charge in [0.05, 0.1) is 11.6 Å². The van der Waals surface area contributed by atoms with Crippen LogP contribution in [0.4, 0.5) is 4.79 Å². The first kappa shape index (κ1) is 30.3. The number of amides is 2. The minimum absolute atomic E-state index is 0.0451. The van der Waals surface area contributed by atoms with Crippen molar-refractivity contribution < 1.29 is 19.8 Å². The number of likely N-dealkylation sites (tertiary alicyclic amines) is 1. The van der Waals surface area contributed by atoms with E-state index < -0.39 is 29.7 Å². The second-order valence-corrected chi connectivity index (χ2v) is 11.5. The smallest absolute Gasteiger partial charge is 0.243 e. The van der Waals surface area contributed by atoms with Crippen LogP contribution >= 0.6 is 0 Å². The lowest BCUT2D eigenvalue weighted by atomic mass is 9.80. The van der Waals surface area contributed by atoms with Crippen LogP contribution in [-0.2, 0) is 24.2 Å². The van der Waals surface area contributed by atoms with Crippen LogP contribution < -0.4 is 10.4 Å². The van der Waals surface area contributed by atoms with Crippen LogP contribution in [0, 0.1) is 5.92 Å². The number of piperidine rings is 1. The van der Waals surface area contributed by atoms with Crippen molar-refractivity contribution >= 4 is 12.0 Å². The van der Waals surface area contributed by atoms with Gasteiger partial charge in [0.15, 0.2) is 0 Å². The fraction of sp³-hybridized carbons (Fsp3) is 0.412. The van der Waals surface area contributed by atoms with Crippen molar-refractivity contribution in [3.05, 3.63) is 108 Å². The Morgan fingerprint density at radius 3 is 1.90 bits per heavy atom. The molecular formula is C34H42N3O4-. The first-order chi connectivity index (χ1) is 19.7. The predicted molar refractivity (Wildman–Crippen MR) is 159 cm³/mol. The maximum Gasteiger partial charge on any atom is 0.243 e. The summed E-state index contributed by atoms with van der Waals surface area (Å²) in [6.07, 6.45) is 1.02. The van der Waals surface area contributed by atoms with Crippen molar-refractivity contribution in [3.8, 4) is 0 Å². The maximum absolute atomic E-state index is 13.9. The molecule has 2 atom stereocenters. The van der Waals surface area contributed by atoms with Gasteiger partial charge in [0.1, 0.15) is 12.1 Å². The summed E-state index contributed by atoms with van der Waals surface area (Å²) >= 11 is 0. The predicted octanol–water partition coefficient (Wildman–Crippen LogP) is 3.65. The van der Waals surface area contributed by atoms with Crippen molar-refractivity contribution in [2.24, 2.45) is 5.92 Å². The Kier molecular flexibility index (Phi) is 10.6. The monoisotopic (exact) mass is 556 g/mol. The molecule has 41 heavy (non-hydrogen) atoms. The van der Waals surface area contributed by atoms with Gasteiger partial charge in [-0.15, -0.1) is 0 Å². The molecule has 0 saturated carbocycles. The molecule has 2 amide bonds. The van der Waals surface area contributed by atoms with Gasteiger partial charge in [-0.2, -0.15) is 0 Å². The van der Waals surface area contributed by atoms with E-state index in [1.807, 2.05) is 92.7 Å². The zero-order valence-corrected chi connectivity index (χ0v) is 24.1. The summed E-state index contributed by atoms with van der Waals surface area (Å²) in [6, 6.07) is 27.8. The zero-order chi connectivity index (χ0) is 29.2. The molecule has 7 nitrogen and oxygen atoms in total. The lowest BCUT2D eigenvalue weighted by molar-refractivity contribution is -0.269. The standard InChI is InChI=1S/C34H43N3O4/c1-26(2)31(37(33(39)40)25-29-16-10-5-11-17-29)32(38)35-30(24-28-14-8-4-9-15-28)34(41)19-22-36(23-20-34)21-18-27-12-6-3-7-13-27/h3-17,26,30-31,41H,18-25H2,1-2H3,(H,35,38)(H,39,40)/p-1/t30-,31-/m0/s1. The Hall–Kier alpha value is -3.68. The Balaban J connectivity index is 1.50. The molecule has 1 aliphatic heterocycles. The molecule has 1 saturated heterocycles. The van der Waals surface area contributed by atoms with Crippen molar-refractivity contribution in [2.75, 3.05) is 19.6 Å². The highest BCUT2D eigenvalue weighted by Gasteiger charge is 2.42. The summed E-state index contributed by atoms with van der Waals surface area (Å²) in [5, 5.41) is 27.4. The van der Waals surface area contributed by atoms with Crippen molar-refractivity contribution in [1.29, 1.82) is 0 Å². The molecular weight excluding hydrogens is 514 g/mol. The van der Waals surface area contributed by atoms with Crippen molar-refractivity contribution in [3.63, 3.8) is 0 Å². The van der Waals surface area contributed by atoms with Crippen molar-refractivity contribution in [1.82, 2.24) is 15.1 Å². The molecule has 0 aromatic heterocycles. The summed E-state index contributed by atoms with van der Waals surface area (Å²) in [5.74, 6) is -0.718. The summed E-state index contributed by atoms with van der Waals surface area (Å²) in [7, 11) is 0. The van der Waals surface area contributed by atoms with E-state index in [2.05, 4.69) is 22.3 Å². The van der Waals surface area contributed by atoms with Gasteiger partial charge >= 0.3 is 0 Å². The summed E-state index contributed by atoms with van der Waals surface area (Å²) < 4.78 is 0. The van der Waals surface area contributed by atoms with Crippen molar-refractivity contribution in [2.45, 2.75) is 63.8 Å². The number of carbonyl (C=O) groups excluding carboxylic acids is 2.